The zero-order valence-corrected chi connectivity index (χ0v) is 19.6. The number of aromatic nitrogens is 5. The first-order valence-electron chi connectivity index (χ1n) is 11.0. The number of carbonyl (C=O) groups excluding carboxylic acids is 1. The van der Waals surface area contributed by atoms with Gasteiger partial charge < -0.3 is 19.4 Å². The molecule has 1 amide bonds. The fourth-order valence-corrected chi connectivity index (χ4v) is 4.40. The highest BCUT2D eigenvalue weighted by Crippen LogP contribution is 2.38. The van der Waals surface area contributed by atoms with Gasteiger partial charge in [0.05, 0.1) is 49.3 Å². The van der Waals surface area contributed by atoms with Crippen LogP contribution in [0, 0.1) is 13.8 Å². The summed E-state index contributed by atoms with van der Waals surface area (Å²) in [7, 11) is 3.09. The van der Waals surface area contributed by atoms with Crippen molar-refractivity contribution >= 4 is 16.9 Å². The number of aryl methyl sites for hydroxylation is 2. The van der Waals surface area contributed by atoms with Crippen LogP contribution in [0.1, 0.15) is 39.8 Å². The number of likely N-dealkylation sites (tertiary alicyclic amines) is 1. The van der Waals surface area contributed by atoms with Gasteiger partial charge in [-0.05, 0) is 49.6 Å². The third kappa shape index (κ3) is 3.59. The highest BCUT2D eigenvalue weighted by Gasteiger charge is 2.36. The molecule has 9 nitrogen and oxygen atoms in total. The van der Waals surface area contributed by atoms with Crippen molar-refractivity contribution in [2.45, 2.75) is 26.3 Å². The number of imidazole rings is 1. The van der Waals surface area contributed by atoms with Crippen molar-refractivity contribution < 1.29 is 14.3 Å². The molecule has 1 aliphatic rings. The van der Waals surface area contributed by atoms with Gasteiger partial charge in [0.15, 0.2) is 11.5 Å². The number of hydrogen-bond donors (Lipinski definition) is 1. The molecule has 5 rings (SSSR count). The second-order valence-corrected chi connectivity index (χ2v) is 8.52. The lowest BCUT2D eigenvalue weighted by Gasteiger charge is -2.24. The van der Waals surface area contributed by atoms with Gasteiger partial charge in [0.25, 0.3) is 5.91 Å². The molecule has 0 radical (unpaired) electrons. The molecule has 0 spiro atoms. The van der Waals surface area contributed by atoms with Crippen molar-refractivity contribution in [3.63, 3.8) is 0 Å². The molecule has 3 heterocycles. The van der Waals surface area contributed by atoms with Crippen LogP contribution in [0.2, 0.25) is 0 Å². The Morgan fingerprint density at radius 2 is 1.74 bits per heavy atom. The Kier molecular flexibility index (Phi) is 5.31. The molecule has 0 unspecified atom stereocenters. The summed E-state index contributed by atoms with van der Waals surface area (Å²) in [6.07, 6.45) is 3.75. The Labute approximate surface area is 197 Å². The first-order chi connectivity index (χ1) is 16.4. The van der Waals surface area contributed by atoms with Crippen molar-refractivity contribution in [3.8, 4) is 17.2 Å². The van der Waals surface area contributed by atoms with Crippen LogP contribution in [0.25, 0.3) is 16.7 Å². The Morgan fingerprint density at radius 1 is 1.06 bits per heavy atom. The van der Waals surface area contributed by atoms with Crippen molar-refractivity contribution in [2.75, 3.05) is 20.8 Å². The molecule has 1 atom stereocenters. The van der Waals surface area contributed by atoms with Crippen LogP contribution >= 0.6 is 0 Å². The SMILES string of the molecule is C=C1C[C@@H](c2nc3cc(C)c(C)cc3[nH]2)N(C(=O)c2cc(OC)c(OC)cc2-n2nccn2)C1. The third-order valence-electron chi connectivity index (χ3n) is 6.31. The highest BCUT2D eigenvalue weighted by molar-refractivity contribution is 5.99. The lowest BCUT2D eigenvalue weighted by atomic mass is 10.1. The summed E-state index contributed by atoms with van der Waals surface area (Å²) in [5.74, 6) is 1.48. The molecule has 4 aromatic rings. The van der Waals surface area contributed by atoms with E-state index in [4.69, 9.17) is 14.5 Å². The largest absolute Gasteiger partial charge is 0.493 e. The Bertz CT molecular complexity index is 1370. The van der Waals surface area contributed by atoms with Gasteiger partial charge in [-0.1, -0.05) is 12.2 Å². The molecule has 1 saturated heterocycles. The van der Waals surface area contributed by atoms with Crippen LogP contribution in [0.5, 0.6) is 11.5 Å². The summed E-state index contributed by atoms with van der Waals surface area (Å²) in [6, 6.07) is 7.27. The van der Waals surface area contributed by atoms with E-state index in [1.54, 1.807) is 36.5 Å². The second-order valence-electron chi connectivity index (χ2n) is 8.52. The number of methoxy groups -OCH3 is 2. The van der Waals surface area contributed by atoms with Gasteiger partial charge in [0, 0.05) is 12.6 Å². The molecular formula is C25H26N6O3. The van der Waals surface area contributed by atoms with E-state index in [0.29, 0.717) is 35.7 Å². The van der Waals surface area contributed by atoms with Crippen LogP contribution in [-0.4, -0.2) is 56.5 Å². The minimum absolute atomic E-state index is 0.190. The maximum absolute atomic E-state index is 14.0. The van der Waals surface area contributed by atoms with E-state index in [9.17, 15) is 4.79 Å². The molecule has 1 aliphatic heterocycles. The zero-order valence-electron chi connectivity index (χ0n) is 19.6. The number of ether oxygens (including phenoxy) is 2. The number of nitrogens with zero attached hydrogens (tertiary/aromatic N) is 5. The summed E-state index contributed by atoms with van der Waals surface area (Å²) < 4.78 is 10.9. The van der Waals surface area contributed by atoms with E-state index in [0.717, 1.165) is 22.4 Å². The summed E-state index contributed by atoms with van der Waals surface area (Å²) in [4.78, 5) is 25.4. The molecule has 34 heavy (non-hydrogen) atoms. The highest BCUT2D eigenvalue weighted by atomic mass is 16.5. The topological polar surface area (TPSA) is 98.2 Å². The second kappa shape index (κ2) is 8.33. The Morgan fingerprint density at radius 3 is 2.44 bits per heavy atom. The average Bonchev–Trinajstić information content (AvgIpc) is 3.58. The van der Waals surface area contributed by atoms with E-state index in [1.165, 1.54) is 23.0 Å². The van der Waals surface area contributed by atoms with Gasteiger partial charge in [0.2, 0.25) is 0 Å². The summed E-state index contributed by atoms with van der Waals surface area (Å²) >= 11 is 0. The third-order valence-corrected chi connectivity index (χ3v) is 6.31. The minimum atomic E-state index is -0.264. The van der Waals surface area contributed by atoms with Gasteiger partial charge in [-0.2, -0.15) is 15.0 Å². The van der Waals surface area contributed by atoms with Gasteiger partial charge in [-0.15, -0.1) is 0 Å². The molecular weight excluding hydrogens is 432 g/mol. The minimum Gasteiger partial charge on any atom is -0.493 e. The van der Waals surface area contributed by atoms with Crippen molar-refractivity contribution in [1.29, 1.82) is 0 Å². The normalized spacial score (nSPS) is 15.8. The zero-order chi connectivity index (χ0) is 24.0. The quantitative estimate of drug-likeness (QED) is 0.455. The predicted octanol–water partition coefficient (Wildman–Crippen LogP) is 3.92. The van der Waals surface area contributed by atoms with Crippen LogP contribution in [0.4, 0.5) is 0 Å². The van der Waals surface area contributed by atoms with E-state index >= 15 is 0 Å². The standard InChI is InChI=1S/C25H26N6O3/c1-14-8-21(24-28-18-9-15(2)16(3)10-19(18)29-24)30(13-14)25(32)17-11-22(33-4)23(34-5)12-20(17)31-26-6-7-27-31/h6-7,9-12,21H,1,8,13H2,2-5H3,(H,28,29)/t21-/m0/s1. The van der Waals surface area contributed by atoms with E-state index in [-0.39, 0.29) is 11.9 Å². The molecule has 0 saturated carbocycles. The number of hydrogen-bond acceptors (Lipinski definition) is 6. The molecule has 0 bridgehead atoms. The summed E-state index contributed by atoms with van der Waals surface area (Å²) in [5, 5.41) is 8.45. The van der Waals surface area contributed by atoms with Crippen molar-refractivity contribution in [1.82, 2.24) is 29.9 Å². The Balaban J connectivity index is 1.59. The molecule has 0 aliphatic carbocycles. The lowest BCUT2D eigenvalue weighted by Crippen LogP contribution is -2.32. The fourth-order valence-electron chi connectivity index (χ4n) is 4.40. The van der Waals surface area contributed by atoms with Crippen LogP contribution in [0.3, 0.4) is 0 Å². The number of rotatable bonds is 5. The van der Waals surface area contributed by atoms with Crippen LogP contribution in [0.15, 0.2) is 48.8 Å². The van der Waals surface area contributed by atoms with E-state index in [2.05, 4.69) is 47.7 Å². The molecule has 1 fully saturated rings. The van der Waals surface area contributed by atoms with Crippen LogP contribution in [-0.2, 0) is 0 Å². The number of amides is 1. The monoisotopic (exact) mass is 458 g/mol. The molecule has 1 N–H and O–H groups in total. The number of aromatic amines is 1. The summed E-state index contributed by atoms with van der Waals surface area (Å²) in [5.41, 5.74) is 6.07. The first kappa shape index (κ1) is 21.7. The van der Waals surface area contributed by atoms with Gasteiger partial charge in [-0.3, -0.25) is 4.79 Å². The lowest BCUT2D eigenvalue weighted by molar-refractivity contribution is 0.0732. The first-order valence-corrected chi connectivity index (χ1v) is 11.0. The summed E-state index contributed by atoms with van der Waals surface area (Å²) in [6.45, 7) is 8.73. The smallest absolute Gasteiger partial charge is 0.257 e. The van der Waals surface area contributed by atoms with Crippen molar-refractivity contribution in [3.05, 3.63) is 71.3 Å². The van der Waals surface area contributed by atoms with E-state index < -0.39 is 0 Å². The van der Waals surface area contributed by atoms with Gasteiger partial charge in [0.1, 0.15) is 11.5 Å². The molecule has 174 valence electrons. The molecule has 2 aromatic heterocycles. The fraction of sp³-hybridized carbons (Fsp3) is 0.280. The maximum atomic E-state index is 14.0. The maximum Gasteiger partial charge on any atom is 0.257 e. The number of carbonyl (C=O) groups is 1. The molecule has 9 heteroatoms. The van der Waals surface area contributed by atoms with Crippen molar-refractivity contribution in [2.24, 2.45) is 0 Å². The van der Waals surface area contributed by atoms with Crippen LogP contribution < -0.4 is 9.47 Å². The predicted molar refractivity (Wildman–Crippen MR) is 128 cm³/mol. The number of H-pyrrole nitrogens is 1. The molecule has 2 aromatic carbocycles. The van der Waals surface area contributed by atoms with Gasteiger partial charge in [-0.25, -0.2) is 4.98 Å². The Hall–Kier alpha value is -4.14. The number of fused-ring (bicyclic) bond motifs is 1. The average molecular weight is 459 g/mol. The van der Waals surface area contributed by atoms with E-state index in [1.807, 2.05) is 0 Å². The number of nitrogens with one attached hydrogen (secondary N) is 1. The van der Waals surface area contributed by atoms with Gasteiger partial charge >= 0.3 is 0 Å². The number of benzene rings is 2.